The summed E-state index contributed by atoms with van der Waals surface area (Å²) in [5.74, 6) is 0.529. The maximum absolute atomic E-state index is 5.60. The average molecular weight is 324 g/mol. The van der Waals surface area contributed by atoms with Crippen LogP contribution in [0.15, 0.2) is 16.7 Å². The van der Waals surface area contributed by atoms with Crippen LogP contribution in [0.3, 0.4) is 0 Å². The van der Waals surface area contributed by atoms with Crippen molar-refractivity contribution in [3.63, 3.8) is 0 Å². The summed E-state index contributed by atoms with van der Waals surface area (Å²) in [4.78, 5) is 6.89. The van der Waals surface area contributed by atoms with Gasteiger partial charge in [0.25, 0.3) is 0 Å². The lowest BCUT2D eigenvalue weighted by atomic mass is 10.1. The van der Waals surface area contributed by atoms with Crippen molar-refractivity contribution in [2.45, 2.75) is 18.8 Å². The molecule has 2 aromatic heterocycles. The van der Waals surface area contributed by atoms with Crippen LogP contribution in [-0.4, -0.2) is 46.2 Å². The summed E-state index contributed by atoms with van der Waals surface area (Å²) in [5.41, 5.74) is 8.61. The van der Waals surface area contributed by atoms with E-state index < -0.39 is 0 Å². The van der Waals surface area contributed by atoms with Gasteiger partial charge < -0.3 is 10.6 Å². The van der Waals surface area contributed by atoms with Crippen LogP contribution >= 0.6 is 15.9 Å². The minimum atomic E-state index is 0.529. The molecule has 3 heterocycles. The van der Waals surface area contributed by atoms with Crippen LogP contribution in [0.2, 0.25) is 0 Å². The van der Waals surface area contributed by atoms with E-state index in [1.165, 1.54) is 6.42 Å². The Bertz CT molecular complexity index is 594. The first kappa shape index (κ1) is 13.0. The van der Waals surface area contributed by atoms with Gasteiger partial charge in [0.2, 0.25) is 0 Å². The summed E-state index contributed by atoms with van der Waals surface area (Å²) in [6.45, 7) is 2.83. The second-order valence-corrected chi connectivity index (χ2v) is 5.92. The predicted octanol–water partition coefficient (Wildman–Crippen LogP) is 1.41. The molecule has 1 unspecified atom stereocenters. The second kappa shape index (κ2) is 5.19. The molecule has 1 aliphatic rings. The van der Waals surface area contributed by atoms with Gasteiger partial charge in [0.05, 0.1) is 11.4 Å². The van der Waals surface area contributed by atoms with Gasteiger partial charge in [-0.1, -0.05) is 0 Å². The van der Waals surface area contributed by atoms with Crippen LogP contribution < -0.4 is 5.73 Å². The molecule has 0 aliphatic carbocycles. The van der Waals surface area contributed by atoms with Gasteiger partial charge in [-0.15, -0.1) is 0 Å². The van der Waals surface area contributed by atoms with Crippen LogP contribution in [0, 0.1) is 0 Å². The van der Waals surface area contributed by atoms with Crippen molar-refractivity contribution >= 4 is 21.6 Å². The highest BCUT2D eigenvalue weighted by Gasteiger charge is 2.23. The Morgan fingerprint density at radius 2 is 2.32 bits per heavy atom. The lowest BCUT2D eigenvalue weighted by Gasteiger charge is -2.10. The van der Waals surface area contributed by atoms with E-state index in [1.807, 2.05) is 10.6 Å². The van der Waals surface area contributed by atoms with Crippen molar-refractivity contribution in [3.8, 4) is 0 Å². The first-order valence-electron chi connectivity index (χ1n) is 6.61. The molecular formula is C13H18BrN5. The molecule has 2 N–H and O–H groups in total. The largest absolute Gasteiger partial charge is 0.330 e. The molecule has 5 nitrogen and oxygen atoms in total. The fourth-order valence-corrected chi connectivity index (χ4v) is 3.20. The number of imidazole rings is 1. The first-order chi connectivity index (χ1) is 9.19. The molecule has 0 saturated carbocycles. The van der Waals surface area contributed by atoms with Crippen molar-refractivity contribution in [1.82, 2.24) is 19.5 Å². The molecule has 3 rings (SSSR count). The number of likely N-dealkylation sites (tertiary alicyclic amines) is 1. The highest BCUT2D eigenvalue weighted by Crippen LogP contribution is 2.26. The minimum absolute atomic E-state index is 0.529. The smallest absolute Gasteiger partial charge is 0.155 e. The van der Waals surface area contributed by atoms with Crippen LogP contribution in [0.25, 0.3) is 5.65 Å². The SMILES string of the molecule is CN1CCC(c2ccc3nc(CCN)c(Br)n3n2)C1. The summed E-state index contributed by atoms with van der Waals surface area (Å²) in [6, 6.07) is 4.15. The summed E-state index contributed by atoms with van der Waals surface area (Å²) in [7, 11) is 2.16. The standard InChI is InChI=1S/C13H18BrN5/c1-18-7-5-9(8-18)10-2-3-12-16-11(4-6-15)13(14)19(12)17-10/h2-3,9H,4-8,15H2,1H3. The fourth-order valence-electron chi connectivity index (χ4n) is 2.66. The van der Waals surface area contributed by atoms with Gasteiger partial charge in [-0.3, -0.25) is 0 Å². The van der Waals surface area contributed by atoms with E-state index in [4.69, 9.17) is 10.8 Å². The van der Waals surface area contributed by atoms with E-state index in [0.29, 0.717) is 12.5 Å². The Morgan fingerprint density at radius 1 is 1.47 bits per heavy atom. The lowest BCUT2D eigenvalue weighted by Crippen LogP contribution is -2.14. The van der Waals surface area contributed by atoms with Crippen LogP contribution in [0.1, 0.15) is 23.7 Å². The zero-order valence-corrected chi connectivity index (χ0v) is 12.6. The molecule has 6 heteroatoms. The van der Waals surface area contributed by atoms with Crippen LogP contribution in [0.5, 0.6) is 0 Å². The summed E-state index contributed by atoms with van der Waals surface area (Å²) >= 11 is 3.58. The third-order valence-electron chi connectivity index (χ3n) is 3.70. The Balaban J connectivity index is 1.98. The number of fused-ring (bicyclic) bond motifs is 1. The summed E-state index contributed by atoms with van der Waals surface area (Å²) in [6.07, 6.45) is 1.95. The molecule has 19 heavy (non-hydrogen) atoms. The zero-order chi connectivity index (χ0) is 13.4. The average Bonchev–Trinajstić information content (AvgIpc) is 2.96. The minimum Gasteiger partial charge on any atom is -0.330 e. The topological polar surface area (TPSA) is 59.5 Å². The van der Waals surface area contributed by atoms with Crippen molar-refractivity contribution in [1.29, 1.82) is 0 Å². The number of rotatable bonds is 3. The van der Waals surface area contributed by atoms with Crippen molar-refractivity contribution in [3.05, 3.63) is 28.1 Å². The lowest BCUT2D eigenvalue weighted by molar-refractivity contribution is 0.410. The molecule has 0 amide bonds. The van der Waals surface area contributed by atoms with E-state index in [9.17, 15) is 0 Å². The number of nitrogens with two attached hydrogens (primary N) is 1. The Kier molecular flexibility index (Phi) is 3.56. The first-order valence-corrected chi connectivity index (χ1v) is 7.41. The van der Waals surface area contributed by atoms with Gasteiger partial charge in [-0.25, -0.2) is 9.50 Å². The van der Waals surface area contributed by atoms with Crippen molar-refractivity contribution in [2.24, 2.45) is 5.73 Å². The monoisotopic (exact) mass is 323 g/mol. The number of hydrogen-bond donors (Lipinski definition) is 1. The predicted molar refractivity (Wildman–Crippen MR) is 78.3 cm³/mol. The molecule has 2 aromatic rings. The highest BCUT2D eigenvalue weighted by atomic mass is 79.9. The van der Waals surface area contributed by atoms with Gasteiger partial charge in [-0.05, 0) is 54.6 Å². The molecule has 0 bridgehead atoms. The van der Waals surface area contributed by atoms with Crippen LogP contribution in [0.4, 0.5) is 0 Å². The van der Waals surface area contributed by atoms with E-state index in [-0.39, 0.29) is 0 Å². The Hall–Kier alpha value is -0.980. The molecule has 1 atom stereocenters. The third-order valence-corrected chi connectivity index (χ3v) is 4.49. The summed E-state index contributed by atoms with van der Waals surface area (Å²) in [5, 5.41) is 4.73. The molecule has 0 radical (unpaired) electrons. The van der Waals surface area contributed by atoms with E-state index >= 15 is 0 Å². The molecule has 0 aromatic carbocycles. The summed E-state index contributed by atoms with van der Waals surface area (Å²) < 4.78 is 2.82. The zero-order valence-electron chi connectivity index (χ0n) is 11.0. The molecular weight excluding hydrogens is 306 g/mol. The third kappa shape index (κ3) is 2.40. The van der Waals surface area contributed by atoms with Crippen molar-refractivity contribution in [2.75, 3.05) is 26.7 Å². The maximum atomic E-state index is 5.60. The number of likely N-dealkylation sites (N-methyl/N-ethyl adjacent to an activating group) is 1. The van der Waals surface area contributed by atoms with Crippen LogP contribution in [-0.2, 0) is 6.42 Å². The molecule has 1 saturated heterocycles. The Labute approximate surface area is 120 Å². The number of hydrogen-bond acceptors (Lipinski definition) is 4. The van der Waals surface area contributed by atoms with E-state index in [0.717, 1.165) is 41.1 Å². The molecule has 0 spiro atoms. The second-order valence-electron chi connectivity index (χ2n) is 5.16. The van der Waals surface area contributed by atoms with E-state index in [2.05, 4.69) is 38.9 Å². The van der Waals surface area contributed by atoms with Crippen molar-refractivity contribution < 1.29 is 0 Å². The number of nitrogens with zero attached hydrogens (tertiary/aromatic N) is 4. The molecule has 102 valence electrons. The van der Waals surface area contributed by atoms with Gasteiger partial charge in [-0.2, -0.15) is 5.10 Å². The van der Waals surface area contributed by atoms with Gasteiger partial charge in [0.1, 0.15) is 4.60 Å². The Morgan fingerprint density at radius 3 is 3.00 bits per heavy atom. The molecule has 1 aliphatic heterocycles. The fraction of sp³-hybridized carbons (Fsp3) is 0.538. The van der Waals surface area contributed by atoms with Gasteiger partial charge in [0, 0.05) is 18.9 Å². The normalized spacial score (nSPS) is 20.5. The quantitative estimate of drug-likeness (QED) is 0.927. The maximum Gasteiger partial charge on any atom is 0.155 e. The number of aromatic nitrogens is 3. The number of halogens is 1. The highest BCUT2D eigenvalue weighted by molar-refractivity contribution is 9.10. The van der Waals surface area contributed by atoms with E-state index in [1.54, 1.807) is 0 Å². The molecule has 1 fully saturated rings. The van der Waals surface area contributed by atoms with Gasteiger partial charge in [0.15, 0.2) is 5.65 Å². The van der Waals surface area contributed by atoms with Gasteiger partial charge >= 0.3 is 0 Å².